The van der Waals surface area contributed by atoms with Crippen LogP contribution in [-0.2, 0) is 11.3 Å². The van der Waals surface area contributed by atoms with Crippen LogP contribution in [-0.4, -0.2) is 40.1 Å². The molecule has 0 atom stereocenters. The molecule has 1 aliphatic rings. The summed E-state index contributed by atoms with van der Waals surface area (Å²) in [7, 11) is 0. The molecule has 1 aromatic heterocycles. The summed E-state index contributed by atoms with van der Waals surface area (Å²) in [6, 6.07) is 17.0. The Hall–Kier alpha value is -4.33. The van der Waals surface area contributed by atoms with Crippen molar-refractivity contribution in [2.75, 3.05) is 11.9 Å². The van der Waals surface area contributed by atoms with Crippen molar-refractivity contribution < 1.29 is 19.2 Å². The minimum absolute atomic E-state index is 0.00557. The fraction of sp³-hybridized carbons (Fsp3) is 0.125. The monoisotopic (exact) mass is 428 g/mol. The third-order valence-corrected chi connectivity index (χ3v) is 5.06. The van der Waals surface area contributed by atoms with E-state index in [2.05, 4.69) is 15.6 Å². The molecule has 0 unspecified atom stereocenters. The minimum atomic E-state index is -0.379. The molecule has 3 aromatic rings. The van der Waals surface area contributed by atoms with Crippen LogP contribution in [0.5, 0.6) is 0 Å². The number of aromatic nitrogens is 1. The maximum Gasteiger partial charge on any atom is 0.261 e. The predicted molar refractivity (Wildman–Crippen MR) is 117 cm³/mol. The third kappa shape index (κ3) is 4.54. The van der Waals surface area contributed by atoms with Crippen molar-refractivity contribution in [2.45, 2.75) is 13.0 Å². The molecule has 0 spiro atoms. The number of hydrogen-bond donors (Lipinski definition) is 2. The van der Waals surface area contributed by atoms with Gasteiger partial charge < -0.3 is 10.6 Å². The van der Waals surface area contributed by atoms with Gasteiger partial charge in [0.15, 0.2) is 0 Å². The van der Waals surface area contributed by atoms with Crippen LogP contribution in [0.1, 0.15) is 43.1 Å². The van der Waals surface area contributed by atoms with E-state index < -0.39 is 0 Å². The summed E-state index contributed by atoms with van der Waals surface area (Å²) in [6.45, 7) is 0.346. The van der Waals surface area contributed by atoms with E-state index in [0.29, 0.717) is 28.9 Å². The van der Waals surface area contributed by atoms with E-state index in [1.54, 1.807) is 66.9 Å². The van der Waals surface area contributed by atoms with Crippen LogP contribution in [0.4, 0.5) is 5.69 Å². The highest BCUT2D eigenvalue weighted by molar-refractivity contribution is 6.21. The van der Waals surface area contributed by atoms with Gasteiger partial charge in [0.2, 0.25) is 5.91 Å². The van der Waals surface area contributed by atoms with E-state index in [9.17, 15) is 19.2 Å². The van der Waals surface area contributed by atoms with Gasteiger partial charge in [0.1, 0.15) is 0 Å². The smallest absolute Gasteiger partial charge is 0.261 e. The van der Waals surface area contributed by atoms with Gasteiger partial charge >= 0.3 is 0 Å². The Morgan fingerprint density at radius 2 is 1.56 bits per heavy atom. The van der Waals surface area contributed by atoms with Crippen LogP contribution in [0.25, 0.3) is 0 Å². The summed E-state index contributed by atoms with van der Waals surface area (Å²) < 4.78 is 0. The van der Waals surface area contributed by atoms with Gasteiger partial charge in [0.05, 0.1) is 16.7 Å². The second-order valence-corrected chi connectivity index (χ2v) is 7.23. The molecule has 2 N–H and O–H groups in total. The number of nitrogens with zero attached hydrogens (tertiary/aromatic N) is 2. The molecule has 160 valence electrons. The second kappa shape index (κ2) is 9.22. The van der Waals surface area contributed by atoms with Gasteiger partial charge in [0.25, 0.3) is 17.7 Å². The van der Waals surface area contributed by atoms with Gasteiger partial charge in [-0.3, -0.25) is 29.1 Å². The summed E-state index contributed by atoms with van der Waals surface area (Å²) in [5, 5.41) is 5.56. The number of nitrogens with one attached hydrogen (secondary N) is 2. The number of benzene rings is 2. The average molecular weight is 428 g/mol. The molecule has 2 aromatic carbocycles. The fourth-order valence-corrected chi connectivity index (χ4v) is 3.37. The normalized spacial score (nSPS) is 12.4. The Kier molecular flexibility index (Phi) is 6.03. The molecule has 0 fully saturated rings. The first-order valence-corrected chi connectivity index (χ1v) is 10.0. The number of rotatable bonds is 7. The molecule has 0 aliphatic carbocycles. The van der Waals surface area contributed by atoms with Crippen molar-refractivity contribution in [2.24, 2.45) is 0 Å². The summed E-state index contributed by atoms with van der Waals surface area (Å²) in [4.78, 5) is 54.1. The Labute approximate surface area is 184 Å². The van der Waals surface area contributed by atoms with Crippen molar-refractivity contribution in [1.29, 1.82) is 0 Å². The highest BCUT2D eigenvalue weighted by Crippen LogP contribution is 2.22. The van der Waals surface area contributed by atoms with Gasteiger partial charge in [-0.05, 0) is 42.0 Å². The van der Waals surface area contributed by atoms with Crippen molar-refractivity contribution in [3.05, 3.63) is 95.3 Å². The van der Waals surface area contributed by atoms with Crippen molar-refractivity contribution in [3.63, 3.8) is 0 Å². The molecule has 8 nitrogen and oxygen atoms in total. The van der Waals surface area contributed by atoms with Crippen molar-refractivity contribution >= 4 is 29.3 Å². The topological polar surface area (TPSA) is 108 Å². The van der Waals surface area contributed by atoms with Gasteiger partial charge in [0, 0.05) is 37.6 Å². The van der Waals surface area contributed by atoms with E-state index in [4.69, 9.17) is 0 Å². The maximum absolute atomic E-state index is 12.4. The van der Waals surface area contributed by atoms with Crippen molar-refractivity contribution in [1.82, 2.24) is 15.2 Å². The Balaban J connectivity index is 1.26. The summed E-state index contributed by atoms with van der Waals surface area (Å²) >= 11 is 0. The van der Waals surface area contributed by atoms with Crippen LogP contribution < -0.4 is 10.6 Å². The lowest BCUT2D eigenvalue weighted by atomic mass is 10.1. The summed E-state index contributed by atoms with van der Waals surface area (Å²) in [6.07, 6.45) is 3.09. The highest BCUT2D eigenvalue weighted by Gasteiger charge is 2.34. The summed E-state index contributed by atoms with van der Waals surface area (Å²) in [5.74, 6) is -1.28. The number of imide groups is 1. The number of amides is 4. The van der Waals surface area contributed by atoms with E-state index >= 15 is 0 Å². The number of fused-ring (bicyclic) bond motifs is 1. The fourth-order valence-electron chi connectivity index (χ4n) is 3.37. The first-order valence-electron chi connectivity index (χ1n) is 10.0. The molecule has 4 rings (SSSR count). The molecule has 2 heterocycles. The van der Waals surface area contributed by atoms with Crippen LogP contribution in [0, 0.1) is 0 Å². The van der Waals surface area contributed by atoms with Gasteiger partial charge in [-0.2, -0.15) is 0 Å². The SMILES string of the molecule is O=C(CCN1C(=O)c2ccccc2C1=O)Nc1ccc(CNC(=O)c2cccnc2)cc1. The van der Waals surface area contributed by atoms with Gasteiger partial charge in [-0.15, -0.1) is 0 Å². The second-order valence-electron chi connectivity index (χ2n) is 7.23. The van der Waals surface area contributed by atoms with E-state index in [-0.39, 0.29) is 36.6 Å². The summed E-state index contributed by atoms with van der Waals surface area (Å²) in [5.41, 5.74) is 2.66. The molecule has 0 bridgehead atoms. The molecular weight excluding hydrogens is 408 g/mol. The molecular formula is C24H20N4O4. The van der Waals surface area contributed by atoms with Crippen LogP contribution in [0.3, 0.4) is 0 Å². The average Bonchev–Trinajstić information content (AvgIpc) is 3.07. The molecule has 8 heteroatoms. The Morgan fingerprint density at radius 1 is 0.875 bits per heavy atom. The van der Waals surface area contributed by atoms with Gasteiger partial charge in [-0.1, -0.05) is 24.3 Å². The van der Waals surface area contributed by atoms with E-state index in [1.165, 1.54) is 6.20 Å². The quantitative estimate of drug-likeness (QED) is 0.563. The molecule has 0 saturated carbocycles. The minimum Gasteiger partial charge on any atom is -0.348 e. The molecule has 4 amide bonds. The number of carbonyl (C=O) groups excluding carboxylic acids is 4. The van der Waals surface area contributed by atoms with E-state index in [1.807, 2.05) is 0 Å². The van der Waals surface area contributed by atoms with Crippen LogP contribution in [0.15, 0.2) is 73.1 Å². The number of carbonyl (C=O) groups is 4. The highest BCUT2D eigenvalue weighted by atomic mass is 16.2. The predicted octanol–water partition coefficient (Wildman–Crippen LogP) is 2.64. The largest absolute Gasteiger partial charge is 0.348 e. The zero-order valence-corrected chi connectivity index (χ0v) is 17.1. The van der Waals surface area contributed by atoms with Crippen LogP contribution in [0.2, 0.25) is 0 Å². The number of anilines is 1. The first-order chi connectivity index (χ1) is 15.5. The Morgan fingerprint density at radius 3 is 2.19 bits per heavy atom. The molecule has 1 aliphatic heterocycles. The number of pyridine rings is 1. The van der Waals surface area contributed by atoms with Crippen LogP contribution >= 0.6 is 0 Å². The zero-order chi connectivity index (χ0) is 22.5. The molecule has 0 radical (unpaired) electrons. The zero-order valence-electron chi connectivity index (χ0n) is 17.1. The first kappa shape index (κ1) is 20.9. The lowest BCUT2D eigenvalue weighted by Gasteiger charge is -2.13. The Bertz CT molecular complexity index is 1140. The lowest BCUT2D eigenvalue weighted by molar-refractivity contribution is -0.116. The lowest BCUT2D eigenvalue weighted by Crippen LogP contribution is -2.32. The maximum atomic E-state index is 12.4. The third-order valence-electron chi connectivity index (χ3n) is 5.06. The molecule has 0 saturated heterocycles. The van der Waals surface area contributed by atoms with E-state index in [0.717, 1.165) is 10.5 Å². The standard InChI is InChI=1S/C24H20N4O4/c29-21(11-13-28-23(31)19-5-1-2-6-20(19)24(28)32)27-18-9-7-16(8-10-18)14-26-22(30)17-4-3-12-25-15-17/h1-10,12,15H,11,13-14H2,(H,26,30)(H,27,29). The van der Waals surface area contributed by atoms with Crippen molar-refractivity contribution in [3.8, 4) is 0 Å². The van der Waals surface area contributed by atoms with Gasteiger partial charge in [-0.25, -0.2) is 0 Å². The number of hydrogen-bond acceptors (Lipinski definition) is 5. The molecule has 32 heavy (non-hydrogen) atoms.